The van der Waals surface area contributed by atoms with E-state index in [0.717, 1.165) is 6.42 Å². The largest absolute Gasteiger partial charge is 0.322 e. The first-order valence-corrected chi connectivity index (χ1v) is 8.98. The summed E-state index contributed by atoms with van der Waals surface area (Å²) in [5.41, 5.74) is 5.73. The molecule has 1 aliphatic heterocycles. The first-order valence-electron chi connectivity index (χ1n) is 8.98. The molecule has 0 aromatic rings. The number of amides is 2. The second-order valence-electron chi connectivity index (χ2n) is 7.67. The molecule has 4 aliphatic carbocycles. The van der Waals surface area contributed by atoms with Crippen molar-refractivity contribution in [2.75, 3.05) is 6.54 Å². The monoisotopic (exact) mass is 328 g/mol. The maximum atomic E-state index is 12.8. The molecule has 1 saturated heterocycles. The molecular weight excluding hydrogens is 304 g/mol. The number of nitrogens with two attached hydrogens (primary N) is 1. The van der Waals surface area contributed by atoms with Gasteiger partial charge < -0.3 is 5.73 Å². The van der Waals surface area contributed by atoms with Crippen molar-refractivity contribution in [1.29, 1.82) is 0 Å². The molecule has 0 aromatic heterocycles. The molecule has 2 N–H and O–H groups in total. The van der Waals surface area contributed by atoms with Gasteiger partial charge in [-0.3, -0.25) is 19.3 Å². The molecule has 5 nitrogen and oxygen atoms in total. The second-order valence-corrected chi connectivity index (χ2v) is 7.67. The van der Waals surface area contributed by atoms with E-state index in [1.807, 2.05) is 0 Å². The minimum atomic E-state index is -0.431. The zero-order valence-electron chi connectivity index (χ0n) is 13.9. The Labute approximate surface area is 141 Å². The third kappa shape index (κ3) is 2.14. The van der Waals surface area contributed by atoms with Crippen LogP contribution in [0, 0.1) is 35.5 Å². The lowest BCUT2D eigenvalue weighted by Gasteiger charge is -2.51. The molecule has 5 rings (SSSR count). The van der Waals surface area contributed by atoms with E-state index >= 15 is 0 Å². The van der Waals surface area contributed by atoms with Crippen molar-refractivity contribution in [2.45, 2.75) is 32.2 Å². The number of hydrogen-bond donors (Lipinski definition) is 1. The zero-order chi connectivity index (χ0) is 17.0. The van der Waals surface area contributed by atoms with Crippen LogP contribution >= 0.6 is 0 Å². The van der Waals surface area contributed by atoms with E-state index in [1.54, 1.807) is 0 Å². The van der Waals surface area contributed by atoms with E-state index in [-0.39, 0.29) is 41.3 Å². The number of carbonyl (C=O) groups excluding carboxylic acids is 3. The lowest BCUT2D eigenvalue weighted by Crippen LogP contribution is -2.50. The average Bonchev–Trinajstić information content (AvgIpc) is 2.77. The summed E-state index contributed by atoms with van der Waals surface area (Å²) in [5, 5.41) is 0. The van der Waals surface area contributed by atoms with Gasteiger partial charge in [0.1, 0.15) is 5.78 Å². The Hall–Kier alpha value is -1.75. The van der Waals surface area contributed by atoms with E-state index < -0.39 is 6.04 Å². The molecule has 1 saturated carbocycles. The molecule has 0 aromatic carbocycles. The molecule has 2 bridgehead atoms. The number of imide groups is 1. The summed E-state index contributed by atoms with van der Waals surface area (Å²) in [4.78, 5) is 38.3. The van der Waals surface area contributed by atoms with Crippen LogP contribution in [0.4, 0.5) is 0 Å². The normalized spacial score (nSPS) is 39.7. The van der Waals surface area contributed by atoms with Crippen molar-refractivity contribution in [3.8, 4) is 0 Å². The minimum Gasteiger partial charge on any atom is -0.322 e. The molecule has 128 valence electrons. The highest BCUT2D eigenvalue weighted by Crippen LogP contribution is 2.58. The molecule has 1 heterocycles. The van der Waals surface area contributed by atoms with Crippen molar-refractivity contribution in [2.24, 2.45) is 41.2 Å². The Kier molecular flexibility index (Phi) is 3.71. The van der Waals surface area contributed by atoms with Gasteiger partial charge in [-0.15, -0.1) is 0 Å². The third-order valence-electron chi connectivity index (χ3n) is 6.43. The molecular formula is C19H24N2O3. The van der Waals surface area contributed by atoms with E-state index in [2.05, 4.69) is 24.3 Å². The molecule has 2 fully saturated rings. The van der Waals surface area contributed by atoms with Crippen LogP contribution in [0.3, 0.4) is 0 Å². The van der Waals surface area contributed by atoms with Crippen LogP contribution in [0.25, 0.3) is 0 Å². The maximum Gasteiger partial charge on any atom is 0.233 e. The molecule has 5 heteroatoms. The lowest BCUT2D eigenvalue weighted by molar-refractivity contribution is -0.140. The summed E-state index contributed by atoms with van der Waals surface area (Å²) in [6.45, 7) is 1.95. The zero-order valence-corrected chi connectivity index (χ0v) is 13.9. The van der Waals surface area contributed by atoms with E-state index in [4.69, 9.17) is 5.73 Å². The van der Waals surface area contributed by atoms with Gasteiger partial charge in [0.25, 0.3) is 0 Å². The molecule has 0 spiro atoms. The fourth-order valence-electron chi connectivity index (χ4n) is 5.01. The standard InChI is InChI=1S/C19H24N2O3/c1-10(22)15(20)4-2-3-9-21-18(23)16-13-7-8-14(17(16)19(21)24)12-6-5-11(12)13/h5-8,11-17H,2-4,9,20H2,1H3/t11-,12?,13?,14?,15+,16?,17+/m1/s1. The van der Waals surface area contributed by atoms with E-state index in [9.17, 15) is 14.4 Å². The molecule has 0 radical (unpaired) electrons. The fraction of sp³-hybridized carbons (Fsp3) is 0.632. The van der Waals surface area contributed by atoms with Gasteiger partial charge in [-0.1, -0.05) is 24.3 Å². The topological polar surface area (TPSA) is 80.5 Å². The van der Waals surface area contributed by atoms with Crippen LogP contribution in [-0.4, -0.2) is 35.1 Å². The SMILES string of the molecule is CC(=O)[C@@H](N)CCCCN1C(=O)C2C3C=CC(C4C=C[C@H]43)[C@@H]2C1=O. The van der Waals surface area contributed by atoms with Crippen LogP contribution in [0.5, 0.6) is 0 Å². The first-order chi connectivity index (χ1) is 11.5. The quantitative estimate of drug-likeness (QED) is 0.453. The summed E-state index contributed by atoms with van der Waals surface area (Å²) in [6.07, 6.45) is 10.8. The minimum absolute atomic E-state index is 0.0129. The van der Waals surface area contributed by atoms with Crippen molar-refractivity contribution in [3.05, 3.63) is 24.3 Å². The average molecular weight is 328 g/mol. The van der Waals surface area contributed by atoms with Gasteiger partial charge in [0.2, 0.25) is 11.8 Å². The number of Topliss-reactive ketones (excluding diaryl/α,β-unsaturated/α-hetero) is 1. The number of unbranched alkanes of at least 4 members (excludes halogenated alkanes) is 1. The fourth-order valence-corrected chi connectivity index (χ4v) is 5.01. The van der Waals surface area contributed by atoms with Crippen molar-refractivity contribution >= 4 is 17.6 Å². The van der Waals surface area contributed by atoms with Crippen LogP contribution < -0.4 is 5.73 Å². The van der Waals surface area contributed by atoms with Crippen molar-refractivity contribution in [3.63, 3.8) is 0 Å². The Morgan fingerprint density at radius 3 is 1.96 bits per heavy atom. The second kappa shape index (κ2) is 5.66. The van der Waals surface area contributed by atoms with Crippen LogP contribution in [0.15, 0.2) is 24.3 Å². The summed E-state index contributed by atoms with van der Waals surface area (Å²) in [5.74, 6) is 0.998. The number of likely N-dealkylation sites (tertiary alicyclic amines) is 1. The van der Waals surface area contributed by atoms with Gasteiger partial charge in [-0.25, -0.2) is 0 Å². The Morgan fingerprint density at radius 2 is 1.50 bits per heavy atom. The molecule has 24 heavy (non-hydrogen) atoms. The summed E-state index contributed by atoms with van der Waals surface area (Å²) in [7, 11) is 0. The highest BCUT2D eigenvalue weighted by molar-refractivity contribution is 6.06. The molecule has 4 unspecified atom stereocenters. The van der Waals surface area contributed by atoms with Crippen LogP contribution in [0.1, 0.15) is 26.2 Å². The number of ketones is 1. The summed E-state index contributed by atoms with van der Waals surface area (Å²) < 4.78 is 0. The predicted molar refractivity (Wildman–Crippen MR) is 88.4 cm³/mol. The molecule has 7 atom stereocenters. The lowest BCUT2D eigenvalue weighted by atomic mass is 9.50. The van der Waals surface area contributed by atoms with Crippen LogP contribution in [-0.2, 0) is 14.4 Å². The molecule has 5 aliphatic rings. The summed E-state index contributed by atoms with van der Waals surface area (Å²) in [6, 6.07) is -0.431. The van der Waals surface area contributed by atoms with Gasteiger partial charge in [0, 0.05) is 6.54 Å². The maximum absolute atomic E-state index is 12.8. The predicted octanol–water partition coefficient (Wildman–Crippen LogP) is 1.29. The number of allylic oxidation sites excluding steroid dienone is 4. The Morgan fingerprint density at radius 1 is 1.00 bits per heavy atom. The third-order valence-corrected chi connectivity index (χ3v) is 6.43. The highest BCUT2D eigenvalue weighted by Gasteiger charge is 2.62. The number of hydrogen-bond acceptors (Lipinski definition) is 4. The smallest absolute Gasteiger partial charge is 0.233 e. The van der Waals surface area contributed by atoms with Gasteiger partial charge in [-0.2, -0.15) is 0 Å². The van der Waals surface area contributed by atoms with Gasteiger partial charge in [0.15, 0.2) is 0 Å². The van der Waals surface area contributed by atoms with Crippen LogP contribution in [0.2, 0.25) is 0 Å². The van der Waals surface area contributed by atoms with E-state index in [1.165, 1.54) is 11.8 Å². The van der Waals surface area contributed by atoms with Gasteiger partial charge in [0.05, 0.1) is 17.9 Å². The van der Waals surface area contributed by atoms with Crippen molar-refractivity contribution in [1.82, 2.24) is 4.90 Å². The number of rotatable bonds is 6. The number of nitrogens with zero attached hydrogens (tertiary/aromatic N) is 1. The van der Waals surface area contributed by atoms with Gasteiger partial charge in [-0.05, 0) is 49.9 Å². The number of carbonyl (C=O) groups is 3. The van der Waals surface area contributed by atoms with E-state index in [0.29, 0.717) is 31.2 Å². The van der Waals surface area contributed by atoms with Crippen molar-refractivity contribution < 1.29 is 14.4 Å². The Balaban J connectivity index is 1.40. The first kappa shape index (κ1) is 15.8. The summed E-state index contributed by atoms with van der Waals surface area (Å²) >= 11 is 0. The Bertz CT molecular complexity index is 613. The highest BCUT2D eigenvalue weighted by atomic mass is 16.2. The van der Waals surface area contributed by atoms with Gasteiger partial charge >= 0.3 is 0 Å². The molecule has 2 amide bonds.